The van der Waals surface area contributed by atoms with Gasteiger partial charge in [-0.15, -0.1) is 0 Å². The summed E-state index contributed by atoms with van der Waals surface area (Å²) in [7, 11) is 0. The van der Waals surface area contributed by atoms with Crippen LogP contribution in [-0.2, 0) is 6.54 Å². The van der Waals surface area contributed by atoms with Gasteiger partial charge in [0, 0.05) is 32.1 Å². The molecular weight excluding hydrogens is 448 g/mol. The third kappa shape index (κ3) is 5.87. The van der Waals surface area contributed by atoms with Crippen LogP contribution in [0.25, 0.3) is 11.1 Å². The van der Waals surface area contributed by atoms with Crippen molar-refractivity contribution in [2.75, 3.05) is 32.7 Å². The lowest BCUT2D eigenvalue weighted by molar-refractivity contribution is 0.177. The van der Waals surface area contributed by atoms with Crippen molar-refractivity contribution in [1.82, 2.24) is 9.80 Å². The lowest BCUT2D eigenvalue weighted by atomic mass is 9.85. The molecule has 2 unspecified atom stereocenters. The summed E-state index contributed by atoms with van der Waals surface area (Å²) in [5, 5.41) is 0. The Morgan fingerprint density at radius 3 is 1.92 bits per heavy atom. The molecule has 6 rings (SSSR count). The molecule has 37 heavy (non-hydrogen) atoms. The molecule has 0 spiro atoms. The van der Waals surface area contributed by atoms with Crippen molar-refractivity contribution < 1.29 is 0 Å². The van der Waals surface area contributed by atoms with Gasteiger partial charge in [0.05, 0.1) is 0 Å². The molecule has 2 saturated heterocycles. The average Bonchev–Trinajstić information content (AvgIpc) is 3.37. The molecule has 0 aromatic heterocycles. The number of hydrogen-bond acceptors (Lipinski definition) is 2. The second kappa shape index (κ2) is 11.5. The van der Waals surface area contributed by atoms with Crippen LogP contribution in [0.15, 0.2) is 115 Å². The predicted octanol–water partition coefficient (Wildman–Crippen LogP) is 7.45. The summed E-state index contributed by atoms with van der Waals surface area (Å²) in [5.74, 6) is 1.94. The molecule has 2 aliphatic rings. The van der Waals surface area contributed by atoms with Crippen LogP contribution in [0.2, 0.25) is 0 Å². The molecular formula is C35H38N2. The molecule has 0 bridgehead atoms. The highest BCUT2D eigenvalue weighted by Crippen LogP contribution is 2.37. The van der Waals surface area contributed by atoms with Gasteiger partial charge < -0.3 is 4.90 Å². The van der Waals surface area contributed by atoms with Crippen LogP contribution < -0.4 is 0 Å². The second-order valence-corrected chi connectivity index (χ2v) is 11.0. The van der Waals surface area contributed by atoms with Gasteiger partial charge in [0.25, 0.3) is 0 Å². The van der Waals surface area contributed by atoms with E-state index in [2.05, 4.69) is 125 Å². The first kappa shape index (κ1) is 24.2. The number of hydrogen-bond donors (Lipinski definition) is 0. The van der Waals surface area contributed by atoms with Crippen LogP contribution >= 0.6 is 0 Å². The van der Waals surface area contributed by atoms with Gasteiger partial charge in [-0.05, 0) is 65.6 Å². The summed E-state index contributed by atoms with van der Waals surface area (Å²) in [6.45, 7) is 6.98. The van der Waals surface area contributed by atoms with E-state index in [0.29, 0.717) is 17.8 Å². The lowest BCUT2D eigenvalue weighted by Gasteiger charge is -2.35. The van der Waals surface area contributed by atoms with Crippen molar-refractivity contribution in [3.8, 4) is 11.1 Å². The molecule has 0 saturated carbocycles. The van der Waals surface area contributed by atoms with Gasteiger partial charge in [0.1, 0.15) is 0 Å². The van der Waals surface area contributed by atoms with E-state index in [1.165, 1.54) is 66.8 Å². The lowest BCUT2D eigenvalue weighted by Crippen LogP contribution is -2.38. The van der Waals surface area contributed by atoms with Crippen molar-refractivity contribution in [3.63, 3.8) is 0 Å². The van der Waals surface area contributed by atoms with Crippen LogP contribution in [0.3, 0.4) is 0 Å². The molecule has 0 amide bonds. The van der Waals surface area contributed by atoms with Crippen molar-refractivity contribution in [2.24, 2.45) is 5.92 Å². The zero-order chi connectivity index (χ0) is 24.9. The van der Waals surface area contributed by atoms with Gasteiger partial charge in [0.15, 0.2) is 0 Å². The molecule has 2 heteroatoms. The Labute approximate surface area is 222 Å². The molecule has 0 radical (unpaired) electrons. The van der Waals surface area contributed by atoms with Crippen molar-refractivity contribution in [3.05, 3.63) is 132 Å². The predicted molar refractivity (Wildman–Crippen MR) is 155 cm³/mol. The fraction of sp³-hybridized carbons (Fsp3) is 0.314. The van der Waals surface area contributed by atoms with Crippen LogP contribution in [-0.4, -0.2) is 42.5 Å². The van der Waals surface area contributed by atoms with Gasteiger partial charge in [-0.1, -0.05) is 115 Å². The molecule has 2 fully saturated rings. The molecule has 2 atom stereocenters. The van der Waals surface area contributed by atoms with Crippen molar-refractivity contribution >= 4 is 0 Å². The molecule has 188 valence electrons. The minimum absolute atomic E-state index is 0.569. The molecule has 4 aromatic rings. The quantitative estimate of drug-likeness (QED) is 0.268. The number of likely N-dealkylation sites (tertiary alicyclic amines) is 2. The Morgan fingerprint density at radius 2 is 1.19 bits per heavy atom. The zero-order valence-electron chi connectivity index (χ0n) is 21.8. The van der Waals surface area contributed by atoms with Gasteiger partial charge in [-0.3, -0.25) is 4.90 Å². The van der Waals surface area contributed by atoms with E-state index in [9.17, 15) is 0 Å². The summed E-state index contributed by atoms with van der Waals surface area (Å²) in [6, 6.07) is 42.3. The molecule has 2 nitrogen and oxygen atoms in total. The monoisotopic (exact) mass is 486 g/mol. The second-order valence-electron chi connectivity index (χ2n) is 11.0. The normalized spacial score (nSPS) is 21.3. The van der Waals surface area contributed by atoms with Gasteiger partial charge in [-0.25, -0.2) is 0 Å². The largest absolute Gasteiger partial charge is 0.303 e. The maximum absolute atomic E-state index is 2.75. The highest BCUT2D eigenvalue weighted by molar-refractivity contribution is 5.64. The highest BCUT2D eigenvalue weighted by Gasteiger charge is 2.35. The summed E-state index contributed by atoms with van der Waals surface area (Å²) in [5.41, 5.74) is 7.09. The summed E-state index contributed by atoms with van der Waals surface area (Å²) < 4.78 is 0. The smallest absolute Gasteiger partial charge is 0.0234 e. The van der Waals surface area contributed by atoms with Gasteiger partial charge in [-0.2, -0.15) is 0 Å². The van der Waals surface area contributed by atoms with Crippen LogP contribution in [0.4, 0.5) is 0 Å². The Balaban J connectivity index is 1.18. The highest BCUT2D eigenvalue weighted by atomic mass is 15.2. The Hall–Kier alpha value is -3.20. The minimum atomic E-state index is 0.569. The first-order chi connectivity index (χ1) is 18.3. The Bertz CT molecular complexity index is 1250. The molecule has 0 aliphatic carbocycles. The fourth-order valence-corrected chi connectivity index (χ4v) is 6.58. The standard InChI is InChI=1S/C35H38N2/c1-4-11-28(12-5-1)24-37-26-34(25-36-21-19-31(20-22-36)29-13-6-2-7-14-29)35(27-37)33-18-10-17-32(23-33)30-15-8-3-9-16-30/h1-18,23,31,34-35H,19-22,24-27H2. The van der Waals surface area contributed by atoms with Crippen molar-refractivity contribution in [2.45, 2.75) is 31.2 Å². The minimum Gasteiger partial charge on any atom is -0.303 e. The zero-order valence-corrected chi connectivity index (χ0v) is 21.8. The topological polar surface area (TPSA) is 6.48 Å². The number of benzene rings is 4. The van der Waals surface area contributed by atoms with Crippen molar-refractivity contribution in [1.29, 1.82) is 0 Å². The van der Waals surface area contributed by atoms with E-state index in [-0.39, 0.29) is 0 Å². The number of nitrogens with zero attached hydrogens (tertiary/aromatic N) is 2. The number of piperidine rings is 1. The van der Waals surface area contributed by atoms with E-state index in [0.717, 1.165) is 13.1 Å². The summed E-state index contributed by atoms with van der Waals surface area (Å²) in [6.07, 6.45) is 2.55. The van der Waals surface area contributed by atoms with Gasteiger partial charge >= 0.3 is 0 Å². The summed E-state index contributed by atoms with van der Waals surface area (Å²) in [4.78, 5) is 5.45. The molecule has 4 aromatic carbocycles. The average molecular weight is 487 g/mol. The SMILES string of the molecule is c1ccc(CN2CC(CN3CCC(c4ccccc4)CC3)C(c3cccc(-c4ccccc4)c3)C2)cc1. The molecule has 2 heterocycles. The third-order valence-corrected chi connectivity index (χ3v) is 8.54. The molecule has 2 aliphatic heterocycles. The number of rotatable bonds is 7. The van der Waals surface area contributed by atoms with Crippen LogP contribution in [0.5, 0.6) is 0 Å². The van der Waals surface area contributed by atoms with E-state index < -0.39 is 0 Å². The third-order valence-electron chi connectivity index (χ3n) is 8.54. The van der Waals surface area contributed by atoms with E-state index in [1.807, 2.05) is 0 Å². The first-order valence-electron chi connectivity index (χ1n) is 14.0. The first-order valence-corrected chi connectivity index (χ1v) is 14.0. The summed E-state index contributed by atoms with van der Waals surface area (Å²) >= 11 is 0. The van der Waals surface area contributed by atoms with E-state index in [4.69, 9.17) is 0 Å². The Kier molecular flexibility index (Phi) is 7.48. The van der Waals surface area contributed by atoms with Gasteiger partial charge in [0.2, 0.25) is 0 Å². The maximum Gasteiger partial charge on any atom is 0.0234 e. The van der Waals surface area contributed by atoms with Crippen LogP contribution in [0.1, 0.15) is 41.4 Å². The van der Waals surface area contributed by atoms with E-state index >= 15 is 0 Å². The van der Waals surface area contributed by atoms with Crippen LogP contribution in [0, 0.1) is 5.92 Å². The molecule has 0 N–H and O–H groups in total. The van der Waals surface area contributed by atoms with E-state index in [1.54, 1.807) is 0 Å². The maximum atomic E-state index is 2.75. The fourth-order valence-electron chi connectivity index (χ4n) is 6.58. The Morgan fingerprint density at radius 1 is 0.568 bits per heavy atom.